The van der Waals surface area contributed by atoms with E-state index >= 15 is 9.59 Å². The second kappa shape index (κ2) is 20.3. The molecule has 1 aromatic carbocycles. The normalized spacial score (nSPS) is 49.7. The highest BCUT2D eigenvalue weighted by molar-refractivity contribution is 8.76. The van der Waals surface area contributed by atoms with E-state index in [1.54, 1.807) is 30.2 Å². The summed E-state index contributed by atoms with van der Waals surface area (Å²) in [5.74, 6) is -2.04. The van der Waals surface area contributed by atoms with Crippen LogP contribution in [0, 0.1) is 80.3 Å². The number of hydrogen-bond acceptors (Lipinski definition) is 16. The maximum Gasteiger partial charge on any atom is 0.234 e. The summed E-state index contributed by atoms with van der Waals surface area (Å²) in [4.78, 5) is 34.1. The van der Waals surface area contributed by atoms with Gasteiger partial charge in [0.05, 0.1) is 41.3 Å². The van der Waals surface area contributed by atoms with Gasteiger partial charge in [0.25, 0.3) is 0 Å². The number of hydrogen-bond donors (Lipinski definition) is 10. The van der Waals surface area contributed by atoms with Crippen LogP contribution >= 0.6 is 21.6 Å². The Kier molecular flexibility index (Phi) is 14.7. The lowest BCUT2D eigenvalue weighted by Crippen LogP contribution is -2.72. The number of nitrogens with one attached hydrogen (secondary N) is 1. The molecule has 4 spiro atoms. The van der Waals surface area contributed by atoms with Crippen LogP contribution < -0.4 is 10.2 Å². The predicted molar refractivity (Wildman–Crippen MR) is 301 cm³/mol. The Morgan fingerprint density at radius 3 is 2.49 bits per heavy atom. The van der Waals surface area contributed by atoms with Crippen LogP contribution in [0.15, 0.2) is 42.0 Å². The van der Waals surface area contributed by atoms with Crippen molar-refractivity contribution >= 4 is 39.0 Å². The number of aliphatic hydroxyl groups excluding tert-OH is 5. The molecule has 14 rings (SSSR count). The van der Waals surface area contributed by atoms with Gasteiger partial charge in [-0.05, 0) is 179 Å². The summed E-state index contributed by atoms with van der Waals surface area (Å²) in [6, 6.07) is 5.36. The number of phenolic OH excluding ortho intramolecular Hbond substituents is 1. The molecule has 79 heavy (non-hydrogen) atoms. The molecule has 0 unspecified atom stereocenters. The molecule has 6 aliphatic heterocycles. The average molecular weight is 1140 g/mol. The number of ether oxygens (including phenoxy) is 2. The van der Waals surface area contributed by atoms with Gasteiger partial charge in [-0.1, -0.05) is 67.9 Å². The van der Waals surface area contributed by atoms with E-state index in [0.29, 0.717) is 80.9 Å². The number of fused-ring (bicyclic) bond motifs is 1. The van der Waals surface area contributed by atoms with E-state index in [1.807, 2.05) is 19.1 Å². The molecule has 7 aliphatic carbocycles. The third kappa shape index (κ3) is 7.91. The van der Waals surface area contributed by atoms with Crippen molar-refractivity contribution in [1.29, 1.82) is 0 Å². The Labute approximate surface area is 474 Å². The molecule has 22 atom stereocenters. The summed E-state index contributed by atoms with van der Waals surface area (Å²) in [5, 5.41) is 117. The molecule has 1 aromatic rings. The van der Waals surface area contributed by atoms with Crippen LogP contribution in [0.1, 0.15) is 130 Å². The molecule has 13 aliphatic rings. The number of epoxide rings is 1. The number of rotatable bonds is 9. The standard InChI is InChI=1S/C62H90N2O13S2/c1-34(2)35(3)50-52(77-50)60(74)17-7-10-38-24-44-45-26-48(68)59(27-49(69)57(73,33-66)31-55(44,59)4)54(72)79-78-30-40-9-6-8-39(29-65)62(40)53(71)64(32-56(62)18-14-43(51(56)70)46-12-11-36(28-63-46)16-21-76-5)41-22-37(23-42(67)25-41)13-19-58(38)47(60)15-20-61(45,58)75/h7,10,22-23,25-26,34-36,38-40,43-44,46-47,49-52,54,63,65-67,69-70,72-75H,6,8-9,11-21,24,27-33H2,1-5H3/t35-,36-,38+,39-,40-,43-,44+,46-,47+,49-,50+,51-,52-,54+,55-,56-,57-,58-,59+,60-,61-,62+/m1/s1. The first-order valence-electron chi connectivity index (χ1n) is 30.3. The molecule has 8 bridgehead atoms. The minimum atomic E-state index is -2.03. The fourth-order valence-corrected chi connectivity index (χ4v) is 23.7. The number of anilines is 1. The van der Waals surface area contributed by atoms with Crippen LogP contribution in [-0.2, 0) is 25.5 Å². The van der Waals surface area contributed by atoms with Crippen LogP contribution in [0.3, 0.4) is 0 Å². The predicted octanol–water partition coefficient (Wildman–Crippen LogP) is 5.84. The highest BCUT2D eigenvalue weighted by atomic mass is 33.1. The van der Waals surface area contributed by atoms with Gasteiger partial charge >= 0.3 is 0 Å². The fourth-order valence-electron chi connectivity index (χ4n) is 20.6. The monoisotopic (exact) mass is 1130 g/mol. The Morgan fingerprint density at radius 2 is 1.77 bits per heavy atom. The average Bonchev–Trinajstić information content (AvgIpc) is 3.58. The van der Waals surface area contributed by atoms with Crippen LogP contribution in [0.25, 0.3) is 0 Å². The Morgan fingerprint density at radius 1 is 0.975 bits per heavy atom. The molecule has 3 saturated heterocycles. The Balaban J connectivity index is 1.02. The summed E-state index contributed by atoms with van der Waals surface area (Å²) in [6.45, 7) is 8.98. The lowest BCUT2D eigenvalue weighted by molar-refractivity contribution is -0.235. The van der Waals surface area contributed by atoms with Gasteiger partial charge < -0.3 is 65.6 Å². The van der Waals surface area contributed by atoms with Crippen LogP contribution in [0.5, 0.6) is 5.75 Å². The second-order valence-electron chi connectivity index (χ2n) is 28.0. The van der Waals surface area contributed by atoms with Crippen molar-refractivity contribution in [2.75, 3.05) is 50.7 Å². The molecule has 17 heteroatoms. The van der Waals surface area contributed by atoms with Crippen molar-refractivity contribution in [3.05, 3.63) is 47.6 Å². The zero-order valence-electron chi connectivity index (χ0n) is 47.1. The smallest absolute Gasteiger partial charge is 0.234 e. The van der Waals surface area contributed by atoms with Crippen molar-refractivity contribution in [2.45, 2.75) is 183 Å². The van der Waals surface area contributed by atoms with Crippen LogP contribution in [0.2, 0.25) is 0 Å². The zero-order chi connectivity index (χ0) is 56.0. The largest absolute Gasteiger partial charge is 0.508 e. The van der Waals surface area contributed by atoms with E-state index in [0.717, 1.165) is 48.6 Å². The van der Waals surface area contributed by atoms with Gasteiger partial charge in [-0.3, -0.25) is 9.59 Å². The molecule has 0 radical (unpaired) electrons. The van der Waals surface area contributed by atoms with Gasteiger partial charge in [-0.2, -0.15) is 0 Å². The topological polar surface area (TPSA) is 253 Å². The number of aryl methyl sites for hydroxylation is 1. The Bertz CT molecular complexity index is 2600. The molecule has 6 heterocycles. The SMILES string of the molecule is COCC[C@H]1CC[C@H]([C@H]2CC[C@@]3(CN4C(=O)[C@]35[C@H](CCC[C@@H]5CO)CSS[C@H](O)[C@@]35C[C@@H](O)[C@](O)(CO)C[C@]3(C)[C@H]3C[C@@H]6C=CC[C@](O)([C@@H]7O[C@H]7[C@H](C)C(C)C)[C@H]7CC[C@@](O)(C3=CC5=O)[C@@]76CCc3cc(O)cc4c3)[C@@H]2O)NC1. The number of methoxy groups -OCH3 is 1. The molecule has 5 saturated carbocycles. The van der Waals surface area contributed by atoms with Crippen molar-refractivity contribution in [3.63, 3.8) is 0 Å². The van der Waals surface area contributed by atoms with Gasteiger partial charge in [0.1, 0.15) is 28.5 Å². The van der Waals surface area contributed by atoms with E-state index in [-0.39, 0.29) is 86.3 Å². The number of phenols is 1. The molecular weight excluding hydrogens is 1040 g/mol. The van der Waals surface area contributed by atoms with E-state index in [1.165, 1.54) is 10.8 Å². The first-order chi connectivity index (χ1) is 37.6. The zero-order valence-corrected chi connectivity index (χ0v) is 48.7. The number of benzene rings is 1. The minimum Gasteiger partial charge on any atom is -0.508 e. The van der Waals surface area contributed by atoms with Gasteiger partial charge in [-0.15, -0.1) is 0 Å². The number of carbonyl (C=O) groups is 2. The molecule has 1 amide bonds. The lowest BCUT2D eigenvalue weighted by atomic mass is 9.38. The molecular formula is C62H90N2O13S2. The van der Waals surface area contributed by atoms with E-state index in [4.69, 9.17) is 9.47 Å². The first kappa shape index (κ1) is 57.3. The summed E-state index contributed by atoms with van der Waals surface area (Å²) >= 11 is 0. The van der Waals surface area contributed by atoms with Gasteiger partial charge in [0.2, 0.25) is 5.91 Å². The second-order valence-corrected chi connectivity index (χ2v) is 30.5. The Hall–Kier alpha value is -2.10. The third-order valence-electron chi connectivity index (χ3n) is 24.9. The number of aromatic hydroxyl groups is 1. The molecule has 10 N–H and O–H groups in total. The molecule has 0 aromatic heterocycles. The van der Waals surface area contributed by atoms with Crippen LogP contribution in [-0.4, -0.2) is 156 Å². The first-order valence-corrected chi connectivity index (χ1v) is 32.7. The number of carbonyl (C=O) groups excluding carboxylic acids is 2. The molecule has 15 nitrogen and oxygen atoms in total. The number of ketones is 1. The summed E-state index contributed by atoms with van der Waals surface area (Å²) in [7, 11) is 4.21. The van der Waals surface area contributed by atoms with Gasteiger partial charge in [0, 0.05) is 73.1 Å². The highest BCUT2D eigenvalue weighted by Gasteiger charge is 2.80. The lowest BCUT2D eigenvalue weighted by Gasteiger charge is -2.68. The minimum absolute atomic E-state index is 0.0246. The van der Waals surface area contributed by atoms with E-state index in [9.17, 15) is 46.0 Å². The van der Waals surface area contributed by atoms with E-state index in [2.05, 4.69) is 32.2 Å². The van der Waals surface area contributed by atoms with E-state index < -0.39 is 104 Å². The van der Waals surface area contributed by atoms with Crippen molar-refractivity contribution in [1.82, 2.24) is 5.32 Å². The number of piperidine rings is 1. The van der Waals surface area contributed by atoms with Gasteiger partial charge in [-0.25, -0.2) is 0 Å². The van der Waals surface area contributed by atoms with Gasteiger partial charge in [0.15, 0.2) is 5.78 Å². The maximum absolute atomic E-state index is 16.4. The number of amides is 1. The fraction of sp³-hybridized carbons (Fsp3) is 0.806. The van der Waals surface area contributed by atoms with Crippen LogP contribution in [0.4, 0.5) is 5.69 Å². The highest BCUT2D eigenvalue weighted by Crippen LogP contribution is 2.77. The molecule has 438 valence electrons. The summed E-state index contributed by atoms with van der Waals surface area (Å²) in [6.07, 6.45) is 9.89. The summed E-state index contributed by atoms with van der Waals surface area (Å²) < 4.78 is 12.0. The van der Waals surface area contributed by atoms with Crippen molar-refractivity contribution < 1.29 is 65.0 Å². The molecule has 8 fully saturated rings. The van der Waals surface area contributed by atoms with Crippen molar-refractivity contribution in [2.24, 2.45) is 80.3 Å². The summed E-state index contributed by atoms with van der Waals surface area (Å²) in [5.41, 5.74) is -11.2. The maximum atomic E-state index is 16.4. The quantitative estimate of drug-likeness (QED) is 0.0793. The number of nitrogens with zero attached hydrogens (tertiary/aromatic N) is 1. The number of aliphatic hydroxyl groups is 8. The third-order valence-corrected chi connectivity index (χ3v) is 27.5. The number of allylic oxidation sites excluding steroid dienone is 2. The van der Waals surface area contributed by atoms with Crippen molar-refractivity contribution in [3.8, 4) is 5.75 Å².